The average molecular weight is 373 g/mol. The van der Waals surface area contributed by atoms with Gasteiger partial charge in [0.1, 0.15) is 5.69 Å². The summed E-state index contributed by atoms with van der Waals surface area (Å²) in [4.78, 5) is 31.3. The van der Waals surface area contributed by atoms with Gasteiger partial charge in [0.05, 0.1) is 0 Å². The minimum Gasteiger partial charge on any atom is -0.333 e. The highest BCUT2D eigenvalue weighted by atomic mass is 16.2. The van der Waals surface area contributed by atoms with Crippen molar-refractivity contribution in [3.8, 4) is 0 Å². The molecule has 0 spiro atoms. The van der Waals surface area contributed by atoms with Crippen molar-refractivity contribution in [2.24, 2.45) is 0 Å². The first-order valence-corrected chi connectivity index (χ1v) is 9.24. The second-order valence-corrected chi connectivity index (χ2v) is 6.55. The summed E-state index contributed by atoms with van der Waals surface area (Å²) in [5.74, 6) is -0.470. The van der Waals surface area contributed by atoms with Gasteiger partial charge in [0.15, 0.2) is 0 Å². The van der Waals surface area contributed by atoms with Crippen LogP contribution < -0.4 is 5.32 Å². The quantitative estimate of drug-likeness (QED) is 0.700. The molecule has 0 saturated heterocycles. The van der Waals surface area contributed by atoms with Crippen molar-refractivity contribution in [1.29, 1.82) is 0 Å². The normalized spacial score (nSPS) is 10.4. The fourth-order valence-corrected chi connectivity index (χ4v) is 2.82. The van der Waals surface area contributed by atoms with Crippen molar-refractivity contribution in [2.45, 2.75) is 20.4 Å². The molecule has 0 bridgehead atoms. The Morgan fingerprint density at radius 1 is 1.00 bits per heavy atom. The molecule has 28 heavy (non-hydrogen) atoms. The molecule has 142 valence electrons. The molecule has 0 atom stereocenters. The first kappa shape index (κ1) is 19.3. The van der Waals surface area contributed by atoms with Crippen LogP contribution in [0.5, 0.6) is 0 Å². The zero-order valence-electron chi connectivity index (χ0n) is 16.1. The van der Waals surface area contributed by atoms with E-state index >= 15 is 0 Å². The van der Waals surface area contributed by atoms with E-state index in [1.54, 1.807) is 17.0 Å². The van der Waals surface area contributed by atoms with E-state index in [2.05, 4.69) is 10.3 Å². The van der Waals surface area contributed by atoms with Gasteiger partial charge in [0.25, 0.3) is 11.8 Å². The van der Waals surface area contributed by atoms with Crippen molar-refractivity contribution >= 4 is 17.5 Å². The van der Waals surface area contributed by atoms with Crippen LogP contribution in [0.3, 0.4) is 0 Å². The van der Waals surface area contributed by atoms with Gasteiger partial charge in [-0.3, -0.25) is 14.6 Å². The number of nitrogens with one attached hydrogen (secondary N) is 1. The number of anilines is 1. The third-order valence-electron chi connectivity index (χ3n) is 4.44. The number of carbonyl (C=O) groups is 2. The maximum Gasteiger partial charge on any atom is 0.272 e. The summed E-state index contributed by atoms with van der Waals surface area (Å²) >= 11 is 0. The van der Waals surface area contributed by atoms with E-state index in [4.69, 9.17) is 0 Å². The van der Waals surface area contributed by atoms with Gasteiger partial charge in [0, 0.05) is 30.5 Å². The molecule has 0 aliphatic rings. The number of nitrogens with zero attached hydrogens (tertiary/aromatic N) is 2. The van der Waals surface area contributed by atoms with Crippen LogP contribution in [0.2, 0.25) is 0 Å². The van der Waals surface area contributed by atoms with Gasteiger partial charge in [-0.2, -0.15) is 0 Å². The largest absolute Gasteiger partial charge is 0.333 e. The molecule has 3 rings (SSSR count). The van der Waals surface area contributed by atoms with E-state index in [9.17, 15) is 9.59 Å². The summed E-state index contributed by atoms with van der Waals surface area (Å²) in [5, 5.41) is 2.84. The van der Waals surface area contributed by atoms with Crippen LogP contribution in [0.15, 0.2) is 72.9 Å². The van der Waals surface area contributed by atoms with Crippen LogP contribution in [0.1, 0.15) is 38.9 Å². The van der Waals surface area contributed by atoms with Gasteiger partial charge >= 0.3 is 0 Å². The lowest BCUT2D eigenvalue weighted by molar-refractivity contribution is 0.0746. The van der Waals surface area contributed by atoms with E-state index < -0.39 is 0 Å². The van der Waals surface area contributed by atoms with Crippen molar-refractivity contribution in [2.75, 3.05) is 11.9 Å². The molecule has 0 radical (unpaired) electrons. The Balaban J connectivity index is 1.74. The minimum absolute atomic E-state index is 0.198. The number of aromatic nitrogens is 1. The fraction of sp³-hybridized carbons (Fsp3) is 0.174. The Morgan fingerprint density at radius 2 is 1.71 bits per heavy atom. The van der Waals surface area contributed by atoms with Crippen molar-refractivity contribution in [3.05, 3.63) is 95.3 Å². The molecular formula is C23H23N3O2. The standard InChI is InChI=1S/C23H23N3O2/c1-3-26(16-18-7-5-4-6-8-18)23(28)21-15-19(13-14-24-21)22(27)25-20-11-9-17(2)10-12-20/h4-15H,3,16H2,1-2H3,(H,25,27). The topological polar surface area (TPSA) is 62.3 Å². The molecule has 0 saturated carbocycles. The molecular weight excluding hydrogens is 350 g/mol. The zero-order chi connectivity index (χ0) is 19.9. The third-order valence-corrected chi connectivity index (χ3v) is 4.44. The molecule has 1 N–H and O–H groups in total. The predicted octanol–water partition coefficient (Wildman–Crippen LogP) is 4.30. The van der Waals surface area contributed by atoms with Crippen molar-refractivity contribution < 1.29 is 9.59 Å². The Morgan fingerprint density at radius 3 is 2.39 bits per heavy atom. The fourth-order valence-electron chi connectivity index (χ4n) is 2.82. The van der Waals surface area contributed by atoms with Crippen molar-refractivity contribution in [1.82, 2.24) is 9.88 Å². The number of amides is 2. The molecule has 5 nitrogen and oxygen atoms in total. The first-order chi connectivity index (χ1) is 13.6. The lowest BCUT2D eigenvalue weighted by Gasteiger charge is -2.20. The Bertz CT molecular complexity index is 953. The molecule has 1 aromatic heterocycles. The van der Waals surface area contributed by atoms with Crippen LogP contribution in [-0.2, 0) is 6.54 Å². The number of hydrogen-bond acceptors (Lipinski definition) is 3. The van der Waals surface area contributed by atoms with Gasteiger partial charge in [-0.05, 0) is 43.7 Å². The van der Waals surface area contributed by atoms with E-state index in [-0.39, 0.29) is 17.5 Å². The van der Waals surface area contributed by atoms with Gasteiger partial charge < -0.3 is 10.2 Å². The van der Waals surface area contributed by atoms with E-state index in [0.717, 1.165) is 11.1 Å². The summed E-state index contributed by atoms with van der Waals surface area (Å²) in [6.45, 7) is 4.96. The summed E-state index contributed by atoms with van der Waals surface area (Å²) in [6.07, 6.45) is 1.49. The number of benzene rings is 2. The van der Waals surface area contributed by atoms with Crippen molar-refractivity contribution in [3.63, 3.8) is 0 Å². The van der Waals surface area contributed by atoms with E-state index in [0.29, 0.717) is 24.3 Å². The number of aryl methyl sites for hydroxylation is 1. The lowest BCUT2D eigenvalue weighted by atomic mass is 10.1. The highest BCUT2D eigenvalue weighted by Crippen LogP contribution is 2.13. The van der Waals surface area contributed by atoms with Gasteiger partial charge in [-0.1, -0.05) is 48.0 Å². The van der Waals surface area contributed by atoms with E-state index in [1.165, 1.54) is 6.20 Å². The molecule has 0 aliphatic heterocycles. The third kappa shape index (κ3) is 4.82. The SMILES string of the molecule is CCN(Cc1ccccc1)C(=O)c1cc(C(=O)Nc2ccc(C)cc2)ccn1. The van der Waals surface area contributed by atoms with Crippen LogP contribution >= 0.6 is 0 Å². The molecule has 0 aliphatic carbocycles. The lowest BCUT2D eigenvalue weighted by Crippen LogP contribution is -2.31. The molecule has 5 heteroatoms. The molecule has 2 aromatic carbocycles. The van der Waals surface area contributed by atoms with Gasteiger partial charge in [-0.15, -0.1) is 0 Å². The van der Waals surface area contributed by atoms with Crippen LogP contribution in [-0.4, -0.2) is 28.2 Å². The van der Waals surface area contributed by atoms with Crippen LogP contribution in [0.4, 0.5) is 5.69 Å². The molecule has 0 fully saturated rings. The highest BCUT2D eigenvalue weighted by Gasteiger charge is 2.18. The first-order valence-electron chi connectivity index (χ1n) is 9.24. The number of carbonyl (C=O) groups excluding carboxylic acids is 2. The Labute approximate surface area is 165 Å². The Kier molecular flexibility index (Phi) is 6.17. The molecule has 1 heterocycles. The predicted molar refractivity (Wildman–Crippen MR) is 110 cm³/mol. The summed E-state index contributed by atoms with van der Waals surface area (Å²) < 4.78 is 0. The zero-order valence-corrected chi connectivity index (χ0v) is 16.1. The van der Waals surface area contributed by atoms with Gasteiger partial charge in [0.2, 0.25) is 0 Å². The van der Waals surface area contributed by atoms with Crippen LogP contribution in [0.25, 0.3) is 0 Å². The van der Waals surface area contributed by atoms with E-state index in [1.807, 2.05) is 68.4 Å². The summed E-state index contributed by atoms with van der Waals surface area (Å²) in [5.41, 5.74) is 3.53. The minimum atomic E-state index is -0.272. The summed E-state index contributed by atoms with van der Waals surface area (Å²) in [6, 6.07) is 20.5. The smallest absolute Gasteiger partial charge is 0.272 e. The second-order valence-electron chi connectivity index (χ2n) is 6.55. The number of rotatable bonds is 6. The average Bonchev–Trinajstić information content (AvgIpc) is 2.74. The Hall–Kier alpha value is -3.47. The molecule has 2 amide bonds. The van der Waals surface area contributed by atoms with Gasteiger partial charge in [-0.25, -0.2) is 0 Å². The number of hydrogen-bond donors (Lipinski definition) is 1. The maximum atomic E-state index is 12.9. The monoisotopic (exact) mass is 373 g/mol. The highest BCUT2D eigenvalue weighted by molar-refractivity contribution is 6.05. The number of pyridine rings is 1. The molecule has 0 unspecified atom stereocenters. The summed E-state index contributed by atoms with van der Waals surface area (Å²) in [7, 11) is 0. The maximum absolute atomic E-state index is 12.9. The molecule has 3 aromatic rings. The van der Waals surface area contributed by atoms with Crippen LogP contribution in [0, 0.1) is 6.92 Å². The second kappa shape index (κ2) is 8.95.